The number of thiophene rings is 1. The quantitative estimate of drug-likeness (QED) is 0.843. The molecule has 2 fully saturated rings. The minimum absolute atomic E-state index is 0.0867. The maximum absolute atomic E-state index is 12.4. The summed E-state index contributed by atoms with van der Waals surface area (Å²) in [5, 5.41) is 1.84. The predicted molar refractivity (Wildman–Crippen MR) is 83.8 cm³/mol. The molecule has 21 heavy (non-hydrogen) atoms. The summed E-state index contributed by atoms with van der Waals surface area (Å²) in [6.45, 7) is 3.41. The minimum Gasteiger partial charge on any atom is -0.339 e. The van der Waals surface area contributed by atoms with Crippen molar-refractivity contribution in [3.8, 4) is 0 Å². The van der Waals surface area contributed by atoms with E-state index in [1.807, 2.05) is 15.2 Å². The second-order valence-corrected chi connectivity index (χ2v) is 6.82. The molecular formula is C16H22N2O2S. The Bertz CT molecular complexity index is 470. The van der Waals surface area contributed by atoms with Crippen molar-refractivity contribution in [3.63, 3.8) is 0 Å². The Labute approximate surface area is 129 Å². The van der Waals surface area contributed by atoms with Crippen molar-refractivity contribution >= 4 is 23.2 Å². The zero-order valence-electron chi connectivity index (χ0n) is 12.3. The van der Waals surface area contributed by atoms with Crippen molar-refractivity contribution in [2.75, 3.05) is 26.2 Å². The van der Waals surface area contributed by atoms with E-state index in [2.05, 4.69) is 0 Å². The number of nitrogens with zero attached hydrogens (tertiary/aromatic N) is 2. The van der Waals surface area contributed by atoms with Gasteiger partial charge in [-0.2, -0.15) is 0 Å². The molecule has 0 unspecified atom stereocenters. The lowest BCUT2D eigenvalue weighted by molar-refractivity contribution is 0.0725. The van der Waals surface area contributed by atoms with Crippen LogP contribution < -0.4 is 0 Å². The van der Waals surface area contributed by atoms with E-state index >= 15 is 0 Å². The molecule has 0 radical (unpaired) electrons. The topological polar surface area (TPSA) is 40.6 Å². The molecule has 2 amide bonds. The molecule has 2 saturated heterocycles. The van der Waals surface area contributed by atoms with Gasteiger partial charge in [-0.25, -0.2) is 0 Å². The van der Waals surface area contributed by atoms with Crippen LogP contribution in [0.5, 0.6) is 0 Å². The van der Waals surface area contributed by atoms with Crippen LogP contribution in [-0.4, -0.2) is 47.8 Å². The summed E-state index contributed by atoms with van der Waals surface area (Å²) >= 11 is 1.40. The first kappa shape index (κ1) is 14.6. The maximum atomic E-state index is 12.4. The minimum atomic E-state index is 0.0867. The SMILES string of the molecule is O=C(c1csc(C(=O)N2CCCCC2)c1)N1CCCCC1. The number of carbonyl (C=O) groups excluding carboxylic acids is 2. The highest BCUT2D eigenvalue weighted by atomic mass is 32.1. The molecule has 4 nitrogen and oxygen atoms in total. The molecule has 0 saturated carbocycles. The third-order valence-corrected chi connectivity index (χ3v) is 5.26. The summed E-state index contributed by atoms with van der Waals surface area (Å²) < 4.78 is 0. The van der Waals surface area contributed by atoms with Gasteiger partial charge in [0.15, 0.2) is 0 Å². The van der Waals surface area contributed by atoms with E-state index in [-0.39, 0.29) is 11.8 Å². The van der Waals surface area contributed by atoms with E-state index in [4.69, 9.17) is 0 Å². The fraction of sp³-hybridized carbons (Fsp3) is 0.625. The molecule has 2 aliphatic rings. The molecule has 0 atom stereocenters. The summed E-state index contributed by atoms with van der Waals surface area (Å²) in [5.74, 6) is 0.182. The molecule has 5 heteroatoms. The highest BCUT2D eigenvalue weighted by molar-refractivity contribution is 7.12. The van der Waals surface area contributed by atoms with Crippen LogP contribution in [0.1, 0.15) is 58.6 Å². The third-order valence-electron chi connectivity index (χ3n) is 4.34. The molecule has 0 aromatic carbocycles. The molecule has 3 rings (SSSR count). The summed E-state index contributed by atoms with van der Waals surface area (Å²) in [7, 11) is 0. The highest BCUT2D eigenvalue weighted by Gasteiger charge is 2.23. The first-order valence-corrected chi connectivity index (χ1v) is 8.81. The molecule has 0 N–H and O–H groups in total. The van der Waals surface area contributed by atoms with E-state index in [0.717, 1.165) is 51.9 Å². The average Bonchev–Trinajstić information content (AvgIpc) is 3.05. The van der Waals surface area contributed by atoms with Crippen LogP contribution in [0.15, 0.2) is 11.4 Å². The summed E-state index contributed by atoms with van der Waals surface area (Å²) in [6.07, 6.45) is 6.80. The largest absolute Gasteiger partial charge is 0.339 e. The van der Waals surface area contributed by atoms with Crippen LogP contribution in [0, 0.1) is 0 Å². The molecule has 2 aliphatic heterocycles. The van der Waals surface area contributed by atoms with Crippen molar-refractivity contribution < 1.29 is 9.59 Å². The molecular weight excluding hydrogens is 284 g/mol. The molecule has 0 bridgehead atoms. The second-order valence-electron chi connectivity index (χ2n) is 5.91. The predicted octanol–water partition coefficient (Wildman–Crippen LogP) is 3.00. The van der Waals surface area contributed by atoms with E-state index in [9.17, 15) is 9.59 Å². The Morgan fingerprint density at radius 3 is 1.90 bits per heavy atom. The number of hydrogen-bond donors (Lipinski definition) is 0. The van der Waals surface area contributed by atoms with Crippen LogP contribution in [-0.2, 0) is 0 Å². The second kappa shape index (κ2) is 6.60. The molecule has 114 valence electrons. The molecule has 0 aliphatic carbocycles. The Hall–Kier alpha value is -1.36. The van der Waals surface area contributed by atoms with Gasteiger partial charge in [0, 0.05) is 31.6 Å². The standard InChI is InChI=1S/C16H22N2O2S/c19-15(17-7-3-1-4-8-17)13-11-14(21-12-13)16(20)18-9-5-2-6-10-18/h11-12H,1-10H2. The summed E-state index contributed by atoms with van der Waals surface area (Å²) in [4.78, 5) is 29.4. The molecule has 1 aromatic rings. The van der Waals surface area contributed by atoms with Crippen LogP contribution >= 0.6 is 11.3 Å². The summed E-state index contributed by atoms with van der Waals surface area (Å²) in [5.41, 5.74) is 0.683. The van der Waals surface area contributed by atoms with Gasteiger partial charge in [0.05, 0.1) is 10.4 Å². The fourth-order valence-corrected chi connectivity index (χ4v) is 3.94. The smallest absolute Gasteiger partial charge is 0.263 e. The zero-order chi connectivity index (χ0) is 14.7. The number of carbonyl (C=O) groups is 2. The van der Waals surface area contributed by atoms with Gasteiger partial charge < -0.3 is 9.80 Å². The average molecular weight is 306 g/mol. The molecule has 1 aromatic heterocycles. The monoisotopic (exact) mass is 306 g/mol. The Morgan fingerprint density at radius 2 is 1.33 bits per heavy atom. The Balaban J connectivity index is 1.67. The number of piperidine rings is 2. The van der Waals surface area contributed by atoms with Gasteiger partial charge in [0.1, 0.15) is 0 Å². The van der Waals surface area contributed by atoms with Crippen molar-refractivity contribution in [1.82, 2.24) is 9.80 Å². The van der Waals surface area contributed by atoms with Gasteiger partial charge in [0.2, 0.25) is 0 Å². The highest BCUT2D eigenvalue weighted by Crippen LogP contribution is 2.22. The van der Waals surface area contributed by atoms with Gasteiger partial charge in [0.25, 0.3) is 11.8 Å². The van der Waals surface area contributed by atoms with Gasteiger partial charge in [-0.3, -0.25) is 9.59 Å². The lowest BCUT2D eigenvalue weighted by atomic mass is 10.1. The van der Waals surface area contributed by atoms with E-state index in [0.29, 0.717) is 10.4 Å². The normalized spacial score (nSPS) is 19.6. The van der Waals surface area contributed by atoms with Crippen molar-refractivity contribution in [2.24, 2.45) is 0 Å². The molecule has 0 spiro atoms. The number of rotatable bonds is 2. The van der Waals surface area contributed by atoms with Crippen LogP contribution in [0.2, 0.25) is 0 Å². The number of hydrogen-bond acceptors (Lipinski definition) is 3. The van der Waals surface area contributed by atoms with Crippen LogP contribution in [0.25, 0.3) is 0 Å². The van der Waals surface area contributed by atoms with Crippen molar-refractivity contribution in [1.29, 1.82) is 0 Å². The van der Waals surface area contributed by atoms with E-state index in [1.165, 1.54) is 24.2 Å². The van der Waals surface area contributed by atoms with Crippen LogP contribution in [0.3, 0.4) is 0 Å². The maximum Gasteiger partial charge on any atom is 0.263 e. The van der Waals surface area contributed by atoms with Gasteiger partial charge >= 0.3 is 0 Å². The lowest BCUT2D eigenvalue weighted by Gasteiger charge is -2.26. The zero-order valence-corrected chi connectivity index (χ0v) is 13.2. The number of likely N-dealkylation sites (tertiary alicyclic amines) is 2. The van der Waals surface area contributed by atoms with E-state index in [1.54, 1.807) is 6.07 Å². The van der Waals surface area contributed by atoms with E-state index < -0.39 is 0 Å². The first-order valence-electron chi connectivity index (χ1n) is 7.93. The number of amides is 2. The van der Waals surface area contributed by atoms with Crippen LogP contribution in [0.4, 0.5) is 0 Å². The van der Waals surface area contributed by atoms with Gasteiger partial charge in [-0.15, -0.1) is 11.3 Å². The fourth-order valence-electron chi connectivity index (χ4n) is 3.09. The van der Waals surface area contributed by atoms with Gasteiger partial charge in [-0.05, 0) is 44.6 Å². The first-order chi connectivity index (χ1) is 10.3. The molecule has 3 heterocycles. The third kappa shape index (κ3) is 3.28. The lowest BCUT2D eigenvalue weighted by Crippen LogP contribution is -2.36. The Morgan fingerprint density at radius 1 is 0.810 bits per heavy atom. The Kier molecular flexibility index (Phi) is 4.58. The summed E-state index contributed by atoms with van der Waals surface area (Å²) in [6, 6.07) is 1.79. The van der Waals surface area contributed by atoms with Crippen molar-refractivity contribution in [2.45, 2.75) is 38.5 Å². The van der Waals surface area contributed by atoms with Gasteiger partial charge in [-0.1, -0.05) is 0 Å². The van der Waals surface area contributed by atoms with Crippen molar-refractivity contribution in [3.05, 3.63) is 21.9 Å².